The van der Waals surface area contributed by atoms with Crippen molar-refractivity contribution in [2.45, 2.75) is 375 Å². The fraction of sp³-hybridized carbons (Fsp3) is 0.829. The lowest BCUT2D eigenvalue weighted by Crippen LogP contribution is -2.66. The first kappa shape index (κ1) is 86.5. The lowest BCUT2D eigenvalue weighted by molar-refractivity contribution is -0.379. The minimum Gasteiger partial charge on any atom is -0.394 e. The van der Waals surface area contributed by atoms with E-state index in [1.54, 1.807) is 6.08 Å². The van der Waals surface area contributed by atoms with Gasteiger partial charge in [-0.15, -0.1) is 0 Å². The Morgan fingerprint density at radius 2 is 0.737 bits per heavy atom. The highest BCUT2D eigenvalue weighted by Crippen LogP contribution is 2.33. The third-order valence-corrected chi connectivity index (χ3v) is 18.5. The zero-order chi connectivity index (χ0) is 68.9. The molecule has 3 aliphatic rings. The molecule has 3 heterocycles. The molecule has 0 aromatic rings. The number of carbonyl (C=O) groups is 1. The second kappa shape index (κ2) is 56.9. The van der Waals surface area contributed by atoms with Gasteiger partial charge in [0.15, 0.2) is 18.9 Å². The van der Waals surface area contributed by atoms with Crippen molar-refractivity contribution in [2.75, 3.05) is 26.4 Å². The lowest BCUT2D eigenvalue weighted by Gasteiger charge is -2.48. The number of aliphatic hydroxyl groups excluding tert-OH is 11. The number of amides is 1. The van der Waals surface area contributed by atoms with Crippen molar-refractivity contribution >= 4 is 5.91 Å². The maximum atomic E-state index is 13.4. The summed E-state index contributed by atoms with van der Waals surface area (Å²) < 4.78 is 34.4. The molecule has 0 aromatic heterocycles. The molecular formula is C76H135NO18. The van der Waals surface area contributed by atoms with Gasteiger partial charge in [0.2, 0.25) is 5.91 Å². The van der Waals surface area contributed by atoms with E-state index in [0.29, 0.717) is 12.8 Å². The van der Waals surface area contributed by atoms with Crippen LogP contribution in [0.4, 0.5) is 0 Å². The standard InChI is InChI=1S/C76H135NO18/c1-3-5-7-9-11-13-15-17-19-21-22-23-24-25-26-27-28-29-30-31-32-33-34-35-36-38-40-42-44-46-48-50-52-54-64(82)77-59(60(81)53-51-49-47-45-43-41-39-37-20-18-16-14-12-10-8-6-4-2)58-90-74-70(88)67(85)72(62(56-79)92-74)95-76-71(89)68(86)73(63(57-80)93-76)94-75-69(87)66(84)65(83)61(55-78)91-75/h5,7,11,13,17,19,22-23,43,45,51,53,59-63,65-76,78-81,83-89H,3-4,6,8-10,12,14-16,18,20-21,24-42,44,46-50,52,54-58H2,1-2H3,(H,77,82)/b7-5-,13-11-,19-17-,23-22-,45-43+,53-51+. The molecule has 3 aliphatic heterocycles. The van der Waals surface area contributed by atoms with Crippen molar-refractivity contribution in [1.29, 1.82) is 0 Å². The number of rotatable bonds is 58. The molecule has 0 aliphatic carbocycles. The first-order chi connectivity index (χ1) is 46.3. The largest absolute Gasteiger partial charge is 0.394 e. The van der Waals surface area contributed by atoms with Crippen LogP contribution in [0.3, 0.4) is 0 Å². The highest BCUT2D eigenvalue weighted by molar-refractivity contribution is 5.76. The van der Waals surface area contributed by atoms with Crippen LogP contribution < -0.4 is 5.32 Å². The molecule has 19 heteroatoms. The lowest BCUT2D eigenvalue weighted by atomic mass is 9.96. The van der Waals surface area contributed by atoms with Crippen LogP contribution in [-0.2, 0) is 33.2 Å². The van der Waals surface area contributed by atoms with Gasteiger partial charge in [-0.3, -0.25) is 4.79 Å². The molecule has 3 rings (SSSR count). The number of carbonyl (C=O) groups excluding carboxylic acids is 1. The first-order valence-corrected chi connectivity index (χ1v) is 37.7. The van der Waals surface area contributed by atoms with E-state index in [-0.39, 0.29) is 18.9 Å². The number of hydrogen-bond donors (Lipinski definition) is 12. The van der Waals surface area contributed by atoms with E-state index >= 15 is 0 Å². The first-order valence-electron chi connectivity index (χ1n) is 37.7. The number of allylic oxidation sites excluding steroid dienone is 11. The van der Waals surface area contributed by atoms with Gasteiger partial charge in [-0.2, -0.15) is 0 Å². The normalized spacial score (nSPS) is 27.6. The van der Waals surface area contributed by atoms with E-state index < -0.39 is 124 Å². The molecule has 95 heavy (non-hydrogen) atoms. The predicted octanol–water partition coefficient (Wildman–Crippen LogP) is 11.3. The molecule has 17 unspecified atom stereocenters. The molecule has 12 N–H and O–H groups in total. The summed E-state index contributed by atoms with van der Waals surface area (Å²) in [7, 11) is 0. The maximum absolute atomic E-state index is 13.4. The summed E-state index contributed by atoms with van der Waals surface area (Å²) in [5.74, 6) is -0.283. The van der Waals surface area contributed by atoms with Crippen LogP contribution in [0.2, 0.25) is 0 Å². The van der Waals surface area contributed by atoms with Crippen LogP contribution in [0.25, 0.3) is 0 Å². The predicted molar refractivity (Wildman–Crippen MR) is 374 cm³/mol. The van der Waals surface area contributed by atoms with Crippen molar-refractivity contribution in [2.24, 2.45) is 0 Å². The molecule has 3 saturated heterocycles. The molecule has 552 valence electrons. The van der Waals surface area contributed by atoms with Gasteiger partial charge in [-0.25, -0.2) is 0 Å². The number of aliphatic hydroxyl groups is 11. The molecular weight excluding hydrogens is 1210 g/mol. The average Bonchev–Trinajstić information content (AvgIpc) is 0.786. The second-order valence-electron chi connectivity index (χ2n) is 26.7. The van der Waals surface area contributed by atoms with Crippen molar-refractivity contribution in [3.8, 4) is 0 Å². The van der Waals surface area contributed by atoms with Gasteiger partial charge in [0.1, 0.15) is 73.2 Å². The molecule has 0 spiro atoms. The quantitative estimate of drug-likeness (QED) is 0.0199. The van der Waals surface area contributed by atoms with Gasteiger partial charge >= 0.3 is 0 Å². The van der Waals surface area contributed by atoms with Gasteiger partial charge in [-0.1, -0.05) is 267 Å². The smallest absolute Gasteiger partial charge is 0.220 e. The molecule has 17 atom stereocenters. The van der Waals surface area contributed by atoms with Crippen LogP contribution >= 0.6 is 0 Å². The zero-order valence-electron chi connectivity index (χ0n) is 58.6. The number of hydrogen-bond acceptors (Lipinski definition) is 18. The summed E-state index contributed by atoms with van der Waals surface area (Å²) >= 11 is 0. The van der Waals surface area contributed by atoms with Crippen LogP contribution in [-0.4, -0.2) is 193 Å². The Bertz CT molecular complexity index is 2000. The maximum Gasteiger partial charge on any atom is 0.220 e. The van der Waals surface area contributed by atoms with Crippen LogP contribution in [0.1, 0.15) is 271 Å². The Morgan fingerprint density at radius 1 is 0.389 bits per heavy atom. The molecule has 0 aromatic carbocycles. The van der Waals surface area contributed by atoms with E-state index in [0.717, 1.165) is 64.2 Å². The number of nitrogens with one attached hydrogen (secondary N) is 1. The highest BCUT2D eigenvalue weighted by atomic mass is 16.8. The minimum atomic E-state index is -1.98. The Balaban J connectivity index is 1.36. The van der Waals surface area contributed by atoms with E-state index in [9.17, 15) is 61.0 Å². The summed E-state index contributed by atoms with van der Waals surface area (Å²) in [6.07, 6.45) is 46.1. The summed E-state index contributed by atoms with van der Waals surface area (Å²) in [5.41, 5.74) is 0. The Hall–Kier alpha value is -2.77. The van der Waals surface area contributed by atoms with Crippen LogP contribution in [0.5, 0.6) is 0 Å². The van der Waals surface area contributed by atoms with Gasteiger partial charge in [-0.05, 0) is 70.6 Å². The third-order valence-electron chi connectivity index (χ3n) is 18.5. The highest BCUT2D eigenvalue weighted by Gasteiger charge is 2.53. The Kier molecular flexibility index (Phi) is 51.8. The molecule has 0 radical (unpaired) electrons. The topological polar surface area (TPSA) is 307 Å². The SMILES string of the molecule is CC/C=C\C/C=C\C/C=C\C/C=C\CCCCCCCCCCCCCCCCCCCCCCC(=O)NC(COC1OC(CO)C(OC2OC(CO)C(OC3OC(CO)C(O)C(O)C3O)C(O)C2O)C(O)C1O)C(O)/C=C/CC/C=C/CCCCCCCCCCCCC. The summed E-state index contributed by atoms with van der Waals surface area (Å²) in [4.78, 5) is 13.4. The minimum absolute atomic E-state index is 0.236. The van der Waals surface area contributed by atoms with E-state index in [1.807, 2.05) is 6.08 Å². The number of ether oxygens (including phenoxy) is 6. The van der Waals surface area contributed by atoms with Crippen molar-refractivity contribution in [3.05, 3.63) is 72.9 Å². The van der Waals surface area contributed by atoms with Crippen LogP contribution in [0, 0.1) is 0 Å². The number of unbranched alkanes of at least 4 members (excludes halogenated alkanes) is 32. The second-order valence-corrected chi connectivity index (χ2v) is 26.7. The average molecular weight is 1350 g/mol. The Morgan fingerprint density at radius 3 is 1.18 bits per heavy atom. The van der Waals surface area contributed by atoms with Crippen molar-refractivity contribution in [1.82, 2.24) is 5.32 Å². The Labute approximate surface area is 572 Å². The summed E-state index contributed by atoms with van der Waals surface area (Å²) in [6.45, 7) is 1.62. The molecule has 0 saturated carbocycles. The fourth-order valence-electron chi connectivity index (χ4n) is 12.4. The van der Waals surface area contributed by atoms with Gasteiger partial charge in [0.25, 0.3) is 0 Å². The zero-order valence-corrected chi connectivity index (χ0v) is 58.6. The molecule has 1 amide bonds. The molecule has 0 bridgehead atoms. The molecule has 19 nitrogen and oxygen atoms in total. The molecule has 3 fully saturated rings. The summed E-state index contributed by atoms with van der Waals surface area (Å²) in [6, 6.07) is -0.991. The van der Waals surface area contributed by atoms with E-state index in [4.69, 9.17) is 28.4 Å². The van der Waals surface area contributed by atoms with Crippen molar-refractivity contribution in [3.63, 3.8) is 0 Å². The van der Waals surface area contributed by atoms with E-state index in [2.05, 4.69) is 79.9 Å². The van der Waals surface area contributed by atoms with E-state index in [1.165, 1.54) is 173 Å². The van der Waals surface area contributed by atoms with Gasteiger partial charge < -0.3 is 89.9 Å². The fourth-order valence-corrected chi connectivity index (χ4v) is 12.4. The van der Waals surface area contributed by atoms with Gasteiger partial charge in [0, 0.05) is 6.42 Å². The van der Waals surface area contributed by atoms with Crippen LogP contribution in [0.15, 0.2) is 72.9 Å². The third kappa shape index (κ3) is 38.0. The van der Waals surface area contributed by atoms with Crippen molar-refractivity contribution < 1.29 is 89.4 Å². The monoisotopic (exact) mass is 1350 g/mol. The summed E-state index contributed by atoms with van der Waals surface area (Å²) in [5, 5.41) is 121. The van der Waals surface area contributed by atoms with Gasteiger partial charge in [0.05, 0.1) is 38.6 Å².